The molecule has 1 amide bonds. The van der Waals surface area contributed by atoms with E-state index < -0.39 is 5.54 Å². The first kappa shape index (κ1) is 13.7. The number of primary amides is 1. The molecule has 3 N–H and O–H groups in total. The zero-order valence-corrected chi connectivity index (χ0v) is 10.9. The van der Waals surface area contributed by atoms with E-state index in [0.29, 0.717) is 12.8 Å². The molecule has 1 rings (SSSR count). The number of benzene rings is 1. The third-order valence-corrected chi connectivity index (χ3v) is 2.99. The highest BCUT2D eigenvalue weighted by atomic mass is 16.1. The van der Waals surface area contributed by atoms with Crippen LogP contribution in [0, 0.1) is 0 Å². The van der Waals surface area contributed by atoms with E-state index in [0.717, 1.165) is 5.56 Å². The predicted molar refractivity (Wildman–Crippen MR) is 70.6 cm³/mol. The number of nitrogens with one attached hydrogen (secondary N) is 1. The highest BCUT2D eigenvalue weighted by Gasteiger charge is 2.35. The van der Waals surface area contributed by atoms with Crippen LogP contribution in [0.3, 0.4) is 0 Å². The molecule has 0 aliphatic heterocycles. The monoisotopic (exact) mass is 234 g/mol. The minimum absolute atomic E-state index is 0.228. The Hall–Kier alpha value is -1.35. The van der Waals surface area contributed by atoms with Crippen molar-refractivity contribution in [1.82, 2.24) is 5.32 Å². The van der Waals surface area contributed by atoms with Crippen molar-refractivity contribution in [3.63, 3.8) is 0 Å². The highest BCUT2D eigenvalue weighted by Crippen LogP contribution is 2.18. The Labute approximate surface area is 103 Å². The lowest BCUT2D eigenvalue weighted by atomic mass is 9.86. The molecule has 0 fully saturated rings. The molecule has 0 saturated heterocycles. The predicted octanol–water partition coefficient (Wildman–Crippen LogP) is 1.86. The maximum atomic E-state index is 11.8. The van der Waals surface area contributed by atoms with Crippen LogP contribution in [0.2, 0.25) is 0 Å². The lowest BCUT2D eigenvalue weighted by molar-refractivity contribution is -0.124. The smallest absolute Gasteiger partial charge is 0.238 e. The molecule has 0 heterocycles. The fraction of sp³-hybridized carbons (Fsp3) is 0.500. The number of rotatable bonds is 6. The van der Waals surface area contributed by atoms with Crippen molar-refractivity contribution in [3.05, 3.63) is 35.9 Å². The Morgan fingerprint density at radius 3 is 2.35 bits per heavy atom. The Bertz CT molecular complexity index is 362. The Balaban J connectivity index is 2.94. The second-order valence-corrected chi connectivity index (χ2v) is 4.76. The number of hydrogen-bond donors (Lipinski definition) is 2. The van der Waals surface area contributed by atoms with Gasteiger partial charge in [-0.2, -0.15) is 0 Å². The summed E-state index contributed by atoms with van der Waals surface area (Å²) in [5.74, 6) is -0.280. The van der Waals surface area contributed by atoms with Crippen LogP contribution in [0.4, 0.5) is 0 Å². The van der Waals surface area contributed by atoms with Crippen LogP contribution in [0.1, 0.15) is 32.8 Å². The average molecular weight is 234 g/mol. The first-order valence-electron chi connectivity index (χ1n) is 6.11. The fourth-order valence-electron chi connectivity index (χ4n) is 2.11. The molecule has 1 atom stereocenters. The van der Waals surface area contributed by atoms with Crippen LogP contribution >= 0.6 is 0 Å². The van der Waals surface area contributed by atoms with Gasteiger partial charge in [-0.15, -0.1) is 0 Å². The minimum atomic E-state index is -0.643. The van der Waals surface area contributed by atoms with Crippen molar-refractivity contribution in [3.8, 4) is 0 Å². The number of carbonyl (C=O) groups is 1. The summed E-state index contributed by atoms with van der Waals surface area (Å²) in [6, 6.07) is 10.2. The van der Waals surface area contributed by atoms with E-state index in [1.807, 2.05) is 51.1 Å². The number of nitrogens with two attached hydrogens (primary N) is 1. The van der Waals surface area contributed by atoms with E-state index >= 15 is 0 Å². The Kier molecular flexibility index (Phi) is 4.70. The quantitative estimate of drug-likeness (QED) is 0.789. The molecular formula is C14H22N2O. The molecular weight excluding hydrogens is 212 g/mol. The van der Waals surface area contributed by atoms with Crippen molar-refractivity contribution in [2.45, 2.75) is 45.2 Å². The van der Waals surface area contributed by atoms with Gasteiger partial charge >= 0.3 is 0 Å². The topological polar surface area (TPSA) is 55.1 Å². The SMILES string of the molecule is CCC(Cc1ccccc1)(NC(C)C)C(N)=O. The van der Waals surface area contributed by atoms with Crippen LogP contribution in [-0.4, -0.2) is 17.5 Å². The van der Waals surface area contributed by atoms with Crippen molar-refractivity contribution in [2.24, 2.45) is 5.73 Å². The molecule has 0 spiro atoms. The van der Waals surface area contributed by atoms with E-state index in [4.69, 9.17) is 5.73 Å². The third-order valence-electron chi connectivity index (χ3n) is 2.99. The molecule has 1 aromatic rings. The Morgan fingerprint density at radius 1 is 1.35 bits per heavy atom. The molecule has 3 heteroatoms. The minimum Gasteiger partial charge on any atom is -0.368 e. The zero-order valence-electron chi connectivity index (χ0n) is 10.9. The van der Waals surface area contributed by atoms with Crippen molar-refractivity contribution < 1.29 is 4.79 Å². The van der Waals surface area contributed by atoms with Gasteiger partial charge in [0.25, 0.3) is 0 Å². The van der Waals surface area contributed by atoms with E-state index in [-0.39, 0.29) is 11.9 Å². The molecule has 0 bridgehead atoms. The van der Waals surface area contributed by atoms with E-state index in [1.54, 1.807) is 0 Å². The molecule has 3 nitrogen and oxygen atoms in total. The summed E-state index contributed by atoms with van der Waals surface area (Å²) in [6.07, 6.45) is 1.33. The number of amides is 1. The zero-order chi connectivity index (χ0) is 12.9. The first-order valence-corrected chi connectivity index (χ1v) is 6.11. The average Bonchev–Trinajstić information content (AvgIpc) is 2.28. The Morgan fingerprint density at radius 2 is 1.94 bits per heavy atom. The van der Waals surface area contributed by atoms with Gasteiger partial charge < -0.3 is 11.1 Å². The van der Waals surface area contributed by atoms with Crippen molar-refractivity contribution >= 4 is 5.91 Å². The molecule has 17 heavy (non-hydrogen) atoms. The van der Waals surface area contributed by atoms with Crippen LogP contribution in [0.15, 0.2) is 30.3 Å². The maximum absolute atomic E-state index is 11.8. The molecule has 1 aromatic carbocycles. The molecule has 0 aromatic heterocycles. The molecule has 1 unspecified atom stereocenters. The molecule has 0 radical (unpaired) electrons. The van der Waals surface area contributed by atoms with Crippen LogP contribution in [0.5, 0.6) is 0 Å². The summed E-state index contributed by atoms with van der Waals surface area (Å²) >= 11 is 0. The number of carbonyl (C=O) groups excluding carboxylic acids is 1. The summed E-state index contributed by atoms with van der Waals surface area (Å²) < 4.78 is 0. The number of hydrogen-bond acceptors (Lipinski definition) is 2. The van der Waals surface area contributed by atoms with Crippen LogP contribution in [0.25, 0.3) is 0 Å². The van der Waals surface area contributed by atoms with E-state index in [2.05, 4.69) is 5.32 Å². The van der Waals surface area contributed by atoms with Crippen molar-refractivity contribution in [2.75, 3.05) is 0 Å². The lowest BCUT2D eigenvalue weighted by Gasteiger charge is -2.33. The maximum Gasteiger partial charge on any atom is 0.238 e. The van der Waals surface area contributed by atoms with Crippen LogP contribution < -0.4 is 11.1 Å². The van der Waals surface area contributed by atoms with Crippen LogP contribution in [-0.2, 0) is 11.2 Å². The normalized spacial score (nSPS) is 14.6. The second-order valence-electron chi connectivity index (χ2n) is 4.76. The van der Waals surface area contributed by atoms with Gasteiger partial charge in [0.05, 0.1) is 0 Å². The summed E-state index contributed by atoms with van der Waals surface area (Å²) in [5, 5.41) is 3.32. The summed E-state index contributed by atoms with van der Waals surface area (Å²) in [4.78, 5) is 11.8. The van der Waals surface area contributed by atoms with E-state index in [1.165, 1.54) is 0 Å². The van der Waals surface area contributed by atoms with Gasteiger partial charge in [-0.3, -0.25) is 4.79 Å². The second kappa shape index (κ2) is 5.82. The van der Waals surface area contributed by atoms with Gasteiger partial charge in [0.2, 0.25) is 5.91 Å². The van der Waals surface area contributed by atoms with Gasteiger partial charge in [0.1, 0.15) is 5.54 Å². The van der Waals surface area contributed by atoms with Crippen molar-refractivity contribution in [1.29, 1.82) is 0 Å². The van der Waals surface area contributed by atoms with Gasteiger partial charge in [0.15, 0.2) is 0 Å². The molecule has 94 valence electrons. The largest absolute Gasteiger partial charge is 0.368 e. The van der Waals surface area contributed by atoms with E-state index in [9.17, 15) is 4.79 Å². The highest BCUT2D eigenvalue weighted by molar-refractivity contribution is 5.85. The molecule has 0 aliphatic carbocycles. The fourth-order valence-corrected chi connectivity index (χ4v) is 2.11. The van der Waals surface area contributed by atoms with Gasteiger partial charge in [-0.05, 0) is 32.3 Å². The lowest BCUT2D eigenvalue weighted by Crippen LogP contribution is -2.58. The first-order chi connectivity index (χ1) is 8.00. The summed E-state index contributed by atoms with van der Waals surface area (Å²) in [6.45, 7) is 6.04. The summed E-state index contributed by atoms with van der Waals surface area (Å²) in [7, 11) is 0. The van der Waals surface area contributed by atoms with Gasteiger partial charge in [-0.1, -0.05) is 37.3 Å². The molecule has 0 aliphatic rings. The molecule has 0 saturated carbocycles. The van der Waals surface area contributed by atoms with Gasteiger partial charge in [-0.25, -0.2) is 0 Å². The summed E-state index contributed by atoms with van der Waals surface area (Å²) in [5.41, 5.74) is 6.06. The standard InChI is InChI=1S/C14H22N2O/c1-4-14(13(15)17,16-11(2)3)10-12-8-6-5-7-9-12/h5-9,11,16H,4,10H2,1-3H3,(H2,15,17). The van der Waals surface area contributed by atoms with Gasteiger partial charge in [0, 0.05) is 6.04 Å². The third kappa shape index (κ3) is 3.56.